The standard InChI is InChI=1S/C7H13NO3S/c1-7-3-2-4-8(7)12(10,11)5-6(7)9/h6,9H,2-5H2,1H3. The van der Waals surface area contributed by atoms with Crippen LogP contribution in [-0.2, 0) is 10.0 Å². The minimum absolute atomic E-state index is 0.0938. The third-order valence-corrected chi connectivity index (χ3v) is 5.04. The summed E-state index contributed by atoms with van der Waals surface area (Å²) in [6, 6.07) is 0. The van der Waals surface area contributed by atoms with Crippen LogP contribution in [0.3, 0.4) is 0 Å². The van der Waals surface area contributed by atoms with E-state index in [9.17, 15) is 13.5 Å². The van der Waals surface area contributed by atoms with Crippen LogP contribution in [0.15, 0.2) is 0 Å². The zero-order chi connectivity index (χ0) is 8.98. The molecular formula is C7H13NO3S. The lowest BCUT2D eigenvalue weighted by atomic mass is 9.94. The molecule has 2 aliphatic rings. The van der Waals surface area contributed by atoms with E-state index in [4.69, 9.17) is 0 Å². The summed E-state index contributed by atoms with van der Waals surface area (Å²) in [5.74, 6) is -0.0938. The van der Waals surface area contributed by atoms with Crippen molar-refractivity contribution in [1.29, 1.82) is 0 Å². The van der Waals surface area contributed by atoms with Crippen LogP contribution in [0.5, 0.6) is 0 Å². The van der Waals surface area contributed by atoms with Crippen molar-refractivity contribution in [3.8, 4) is 0 Å². The molecule has 2 heterocycles. The van der Waals surface area contributed by atoms with Crippen molar-refractivity contribution in [1.82, 2.24) is 4.31 Å². The van der Waals surface area contributed by atoms with Crippen molar-refractivity contribution in [2.24, 2.45) is 0 Å². The summed E-state index contributed by atoms with van der Waals surface area (Å²) in [6.45, 7) is 2.41. The molecule has 5 heteroatoms. The van der Waals surface area contributed by atoms with E-state index in [0.29, 0.717) is 6.54 Å². The molecule has 0 bridgehead atoms. The number of fused-ring (bicyclic) bond motifs is 1. The summed E-state index contributed by atoms with van der Waals surface area (Å²) >= 11 is 0. The van der Waals surface area contributed by atoms with E-state index in [-0.39, 0.29) is 5.75 Å². The van der Waals surface area contributed by atoms with Crippen molar-refractivity contribution in [2.45, 2.75) is 31.4 Å². The Balaban J connectivity index is 2.46. The predicted octanol–water partition coefficient (Wildman–Crippen LogP) is -0.455. The smallest absolute Gasteiger partial charge is 0.217 e. The van der Waals surface area contributed by atoms with Gasteiger partial charge in [-0.05, 0) is 19.8 Å². The van der Waals surface area contributed by atoms with E-state index in [1.807, 2.05) is 6.92 Å². The van der Waals surface area contributed by atoms with Crippen LogP contribution in [-0.4, -0.2) is 41.8 Å². The van der Waals surface area contributed by atoms with Gasteiger partial charge in [-0.25, -0.2) is 8.42 Å². The van der Waals surface area contributed by atoms with Gasteiger partial charge in [-0.1, -0.05) is 0 Å². The monoisotopic (exact) mass is 191 g/mol. The van der Waals surface area contributed by atoms with Gasteiger partial charge in [0.2, 0.25) is 10.0 Å². The maximum absolute atomic E-state index is 11.4. The minimum atomic E-state index is -3.15. The quantitative estimate of drug-likeness (QED) is 0.564. The van der Waals surface area contributed by atoms with E-state index < -0.39 is 21.7 Å². The molecular weight excluding hydrogens is 178 g/mol. The summed E-state index contributed by atoms with van der Waals surface area (Å²) in [5.41, 5.74) is -0.501. The lowest BCUT2D eigenvalue weighted by Gasteiger charge is -2.27. The average Bonchev–Trinajstić information content (AvgIpc) is 2.37. The van der Waals surface area contributed by atoms with Crippen LogP contribution >= 0.6 is 0 Å². The molecule has 1 N–H and O–H groups in total. The first-order valence-electron chi connectivity index (χ1n) is 4.15. The molecule has 2 unspecified atom stereocenters. The van der Waals surface area contributed by atoms with Gasteiger partial charge in [0.25, 0.3) is 0 Å². The Morgan fingerprint density at radius 3 is 2.83 bits per heavy atom. The van der Waals surface area contributed by atoms with Crippen molar-refractivity contribution in [2.75, 3.05) is 12.3 Å². The molecule has 0 aliphatic carbocycles. The fourth-order valence-electron chi connectivity index (χ4n) is 2.22. The predicted molar refractivity (Wildman–Crippen MR) is 44.1 cm³/mol. The van der Waals surface area contributed by atoms with Gasteiger partial charge >= 0.3 is 0 Å². The maximum Gasteiger partial charge on any atom is 0.217 e. The molecule has 0 radical (unpaired) electrons. The number of hydrogen-bond acceptors (Lipinski definition) is 3. The van der Waals surface area contributed by atoms with Gasteiger partial charge in [0.05, 0.1) is 17.4 Å². The molecule has 0 spiro atoms. The van der Waals surface area contributed by atoms with E-state index in [1.165, 1.54) is 4.31 Å². The molecule has 2 aliphatic heterocycles. The lowest BCUT2D eigenvalue weighted by molar-refractivity contribution is 0.0806. The van der Waals surface area contributed by atoms with Gasteiger partial charge in [-0.15, -0.1) is 0 Å². The Bertz CT molecular complexity index is 300. The van der Waals surface area contributed by atoms with Crippen molar-refractivity contribution in [3.63, 3.8) is 0 Å². The molecule has 4 nitrogen and oxygen atoms in total. The minimum Gasteiger partial charge on any atom is -0.390 e. The van der Waals surface area contributed by atoms with Gasteiger partial charge in [0.1, 0.15) is 0 Å². The number of rotatable bonds is 0. The van der Waals surface area contributed by atoms with Crippen molar-refractivity contribution in [3.05, 3.63) is 0 Å². The number of hydrogen-bond donors (Lipinski definition) is 1. The molecule has 2 rings (SSSR count). The van der Waals surface area contributed by atoms with Gasteiger partial charge in [0.15, 0.2) is 0 Å². The van der Waals surface area contributed by atoms with E-state index in [1.54, 1.807) is 0 Å². The molecule has 12 heavy (non-hydrogen) atoms. The Hall–Kier alpha value is -0.130. The summed E-state index contributed by atoms with van der Waals surface area (Å²) in [6.07, 6.45) is 0.949. The summed E-state index contributed by atoms with van der Waals surface area (Å²) in [5, 5.41) is 9.57. The Morgan fingerprint density at radius 1 is 1.58 bits per heavy atom. The molecule has 70 valence electrons. The van der Waals surface area contributed by atoms with Gasteiger partial charge in [0, 0.05) is 6.54 Å². The molecule has 2 atom stereocenters. The van der Waals surface area contributed by atoms with E-state index >= 15 is 0 Å². The SMILES string of the molecule is CC12CCCN1S(=O)(=O)CC2O. The number of aliphatic hydroxyl groups excluding tert-OH is 1. The largest absolute Gasteiger partial charge is 0.390 e. The first-order chi connectivity index (χ1) is 5.47. The highest BCUT2D eigenvalue weighted by Crippen LogP contribution is 2.40. The first kappa shape index (κ1) is 8.47. The highest BCUT2D eigenvalue weighted by molar-refractivity contribution is 7.89. The Morgan fingerprint density at radius 2 is 2.25 bits per heavy atom. The average molecular weight is 191 g/mol. The number of nitrogens with zero attached hydrogens (tertiary/aromatic N) is 1. The number of aliphatic hydroxyl groups is 1. The summed E-state index contributed by atoms with van der Waals surface area (Å²) in [4.78, 5) is 0. The van der Waals surface area contributed by atoms with E-state index in [2.05, 4.69) is 0 Å². The second kappa shape index (κ2) is 2.21. The molecule has 0 saturated carbocycles. The fraction of sp³-hybridized carbons (Fsp3) is 1.00. The zero-order valence-corrected chi connectivity index (χ0v) is 7.84. The topological polar surface area (TPSA) is 57.6 Å². The van der Waals surface area contributed by atoms with Crippen LogP contribution in [0, 0.1) is 0 Å². The van der Waals surface area contributed by atoms with Crippen LogP contribution in [0.4, 0.5) is 0 Å². The lowest BCUT2D eigenvalue weighted by Crippen LogP contribution is -2.43. The van der Waals surface area contributed by atoms with Gasteiger partial charge in [-0.2, -0.15) is 4.31 Å². The number of sulfonamides is 1. The second-order valence-electron chi connectivity index (χ2n) is 3.83. The highest BCUT2D eigenvalue weighted by atomic mass is 32.2. The second-order valence-corrected chi connectivity index (χ2v) is 5.77. The molecule has 0 aromatic carbocycles. The fourth-order valence-corrected chi connectivity index (χ4v) is 4.41. The zero-order valence-electron chi connectivity index (χ0n) is 7.02. The molecule has 2 saturated heterocycles. The summed E-state index contributed by atoms with van der Waals surface area (Å²) in [7, 11) is -3.15. The molecule has 2 fully saturated rings. The molecule has 0 aromatic rings. The molecule has 0 aromatic heterocycles. The van der Waals surface area contributed by atoms with Crippen LogP contribution < -0.4 is 0 Å². The normalized spacial score (nSPS) is 46.3. The van der Waals surface area contributed by atoms with Gasteiger partial charge in [-0.3, -0.25) is 0 Å². The Labute approximate surface area is 72.2 Å². The maximum atomic E-state index is 11.4. The van der Waals surface area contributed by atoms with E-state index in [0.717, 1.165) is 12.8 Å². The Kier molecular flexibility index (Phi) is 1.56. The van der Waals surface area contributed by atoms with Crippen molar-refractivity contribution < 1.29 is 13.5 Å². The van der Waals surface area contributed by atoms with Crippen LogP contribution in [0.2, 0.25) is 0 Å². The van der Waals surface area contributed by atoms with Crippen LogP contribution in [0.1, 0.15) is 19.8 Å². The highest BCUT2D eigenvalue weighted by Gasteiger charge is 2.55. The summed E-state index contributed by atoms with van der Waals surface area (Å²) < 4.78 is 24.3. The van der Waals surface area contributed by atoms with Crippen LogP contribution in [0.25, 0.3) is 0 Å². The first-order valence-corrected chi connectivity index (χ1v) is 5.76. The third-order valence-electron chi connectivity index (χ3n) is 3.04. The van der Waals surface area contributed by atoms with Gasteiger partial charge < -0.3 is 5.11 Å². The molecule has 0 amide bonds. The third kappa shape index (κ3) is 0.870. The van der Waals surface area contributed by atoms with Crippen molar-refractivity contribution >= 4 is 10.0 Å².